The summed E-state index contributed by atoms with van der Waals surface area (Å²) in [4.78, 5) is 17.1. The summed E-state index contributed by atoms with van der Waals surface area (Å²) in [6, 6.07) is 11.8. The summed E-state index contributed by atoms with van der Waals surface area (Å²) in [5.41, 5.74) is 7.96. The number of thiophene rings is 1. The summed E-state index contributed by atoms with van der Waals surface area (Å²) in [6.07, 6.45) is 1.92. The van der Waals surface area contributed by atoms with E-state index in [9.17, 15) is 4.79 Å². The molecular formula is C23H26N6OS2. The lowest BCUT2D eigenvalue weighted by Gasteiger charge is -2.43. The Labute approximate surface area is 197 Å². The van der Waals surface area contributed by atoms with Gasteiger partial charge in [-0.2, -0.15) is 0 Å². The van der Waals surface area contributed by atoms with Crippen molar-refractivity contribution in [1.82, 2.24) is 25.0 Å². The van der Waals surface area contributed by atoms with Gasteiger partial charge in [0.1, 0.15) is 5.54 Å². The van der Waals surface area contributed by atoms with Crippen molar-refractivity contribution in [1.29, 1.82) is 0 Å². The van der Waals surface area contributed by atoms with Crippen molar-refractivity contribution in [3.63, 3.8) is 0 Å². The third kappa shape index (κ3) is 3.87. The van der Waals surface area contributed by atoms with E-state index in [2.05, 4.69) is 21.6 Å². The molecule has 0 fully saturated rings. The fraction of sp³-hybridized carbons (Fsp3) is 0.304. The molecule has 0 spiro atoms. The Kier molecular flexibility index (Phi) is 6.23. The van der Waals surface area contributed by atoms with E-state index in [4.69, 9.17) is 18.0 Å². The second kappa shape index (κ2) is 8.93. The Bertz CT molecular complexity index is 1170. The number of benzene rings is 1. The van der Waals surface area contributed by atoms with Crippen LogP contribution in [0.1, 0.15) is 42.8 Å². The van der Waals surface area contributed by atoms with Crippen LogP contribution in [0.25, 0.3) is 16.1 Å². The van der Waals surface area contributed by atoms with E-state index in [1.54, 1.807) is 11.3 Å². The highest BCUT2D eigenvalue weighted by Gasteiger charge is 2.44. The number of allylic oxidation sites excluding steroid dienone is 1. The van der Waals surface area contributed by atoms with Crippen molar-refractivity contribution in [2.45, 2.75) is 32.9 Å². The predicted molar refractivity (Wildman–Crippen MR) is 132 cm³/mol. The summed E-state index contributed by atoms with van der Waals surface area (Å²) in [6.45, 7) is 6.99. The number of fused-ring (bicyclic) bond motifs is 1. The monoisotopic (exact) mass is 466 g/mol. The third-order valence-electron chi connectivity index (χ3n) is 5.80. The highest BCUT2D eigenvalue weighted by atomic mass is 32.1. The predicted octanol–water partition coefficient (Wildman–Crippen LogP) is 3.63. The van der Waals surface area contributed by atoms with E-state index in [1.165, 1.54) is 4.88 Å². The van der Waals surface area contributed by atoms with Gasteiger partial charge in [-0.1, -0.05) is 36.5 Å². The van der Waals surface area contributed by atoms with Gasteiger partial charge in [-0.15, -0.1) is 21.5 Å². The van der Waals surface area contributed by atoms with Crippen LogP contribution in [0.5, 0.6) is 0 Å². The topological polar surface area (TPSA) is 89.1 Å². The number of rotatable bonds is 5. The molecule has 0 saturated carbocycles. The van der Waals surface area contributed by atoms with Gasteiger partial charge in [0.15, 0.2) is 11.6 Å². The molecule has 3 aromatic rings. The maximum atomic E-state index is 13.5. The SMILES string of the molecule is C/C=C(\NC(C)=S)c1nnc2n1CCN(C(=O)c1ccc(-c3cccs3)cc1)[C@@]2(C)CN. The molecule has 9 heteroatoms. The summed E-state index contributed by atoms with van der Waals surface area (Å²) in [5.74, 6) is 1.30. The highest BCUT2D eigenvalue weighted by Crippen LogP contribution is 2.33. The molecule has 7 nitrogen and oxygen atoms in total. The minimum absolute atomic E-state index is 0.0643. The molecule has 32 heavy (non-hydrogen) atoms. The number of nitrogens with zero attached hydrogens (tertiary/aromatic N) is 4. The van der Waals surface area contributed by atoms with Crippen molar-refractivity contribution in [3.05, 3.63) is 65.1 Å². The van der Waals surface area contributed by atoms with Gasteiger partial charge in [0.2, 0.25) is 0 Å². The first-order valence-corrected chi connectivity index (χ1v) is 11.7. The van der Waals surface area contributed by atoms with Gasteiger partial charge in [0.25, 0.3) is 5.91 Å². The fourth-order valence-corrected chi connectivity index (χ4v) is 4.87. The van der Waals surface area contributed by atoms with Crippen LogP contribution in [-0.2, 0) is 12.1 Å². The van der Waals surface area contributed by atoms with Crippen LogP contribution in [0.4, 0.5) is 0 Å². The Hall–Kier alpha value is -2.88. The summed E-state index contributed by atoms with van der Waals surface area (Å²) in [7, 11) is 0. The van der Waals surface area contributed by atoms with Crippen LogP contribution in [-0.4, -0.2) is 43.6 Å². The standard InChI is InChI=1S/C23H26N6OS2/c1-4-18(25-15(2)31)20-26-27-22-23(3,14-24)29(12-11-28(20)22)21(30)17-9-7-16(8-10-17)19-6-5-13-32-19/h4-10,13H,11-12,14,24H2,1-3H3,(H,25,31)/b18-4-/t23-/m0/s1. The minimum Gasteiger partial charge on any atom is -0.347 e. The molecule has 0 aliphatic carbocycles. The van der Waals surface area contributed by atoms with Gasteiger partial charge in [0.05, 0.1) is 10.7 Å². The van der Waals surface area contributed by atoms with Gasteiger partial charge >= 0.3 is 0 Å². The van der Waals surface area contributed by atoms with Crippen molar-refractivity contribution in [3.8, 4) is 10.4 Å². The zero-order valence-corrected chi connectivity index (χ0v) is 20.0. The van der Waals surface area contributed by atoms with Gasteiger partial charge in [-0.3, -0.25) is 4.79 Å². The largest absolute Gasteiger partial charge is 0.347 e. The zero-order chi connectivity index (χ0) is 22.9. The Morgan fingerprint density at radius 1 is 1.28 bits per heavy atom. The number of amides is 1. The average molecular weight is 467 g/mol. The number of nitrogens with two attached hydrogens (primary N) is 1. The first-order valence-electron chi connectivity index (χ1n) is 10.4. The number of carbonyl (C=O) groups excluding carboxylic acids is 1. The lowest BCUT2D eigenvalue weighted by atomic mass is 9.94. The molecule has 1 atom stereocenters. The maximum absolute atomic E-state index is 13.5. The van der Waals surface area contributed by atoms with Crippen LogP contribution in [0.15, 0.2) is 47.9 Å². The van der Waals surface area contributed by atoms with Crippen molar-refractivity contribution in [2.75, 3.05) is 13.1 Å². The van der Waals surface area contributed by atoms with E-state index in [0.717, 1.165) is 11.3 Å². The zero-order valence-electron chi connectivity index (χ0n) is 18.3. The van der Waals surface area contributed by atoms with Crippen LogP contribution in [0, 0.1) is 0 Å². The second-order valence-corrected chi connectivity index (χ2v) is 9.43. The van der Waals surface area contributed by atoms with E-state index >= 15 is 0 Å². The molecule has 3 heterocycles. The van der Waals surface area contributed by atoms with E-state index in [1.807, 2.05) is 72.0 Å². The number of hydrogen-bond acceptors (Lipinski definition) is 6. The van der Waals surface area contributed by atoms with Gasteiger partial charge in [-0.05, 0) is 49.9 Å². The Morgan fingerprint density at radius 3 is 2.62 bits per heavy atom. The van der Waals surface area contributed by atoms with Gasteiger partial charge < -0.3 is 20.5 Å². The molecule has 4 rings (SSSR count). The minimum atomic E-state index is -0.779. The number of aromatic nitrogens is 3. The molecule has 0 bridgehead atoms. The van der Waals surface area contributed by atoms with E-state index in [-0.39, 0.29) is 12.5 Å². The summed E-state index contributed by atoms with van der Waals surface area (Å²) < 4.78 is 2.02. The summed E-state index contributed by atoms with van der Waals surface area (Å²) >= 11 is 6.87. The van der Waals surface area contributed by atoms with Crippen LogP contribution >= 0.6 is 23.6 Å². The van der Waals surface area contributed by atoms with Crippen LogP contribution in [0.3, 0.4) is 0 Å². The van der Waals surface area contributed by atoms with E-state index < -0.39 is 5.54 Å². The molecule has 3 N–H and O–H groups in total. The van der Waals surface area contributed by atoms with Gasteiger partial charge in [-0.25, -0.2) is 0 Å². The van der Waals surface area contributed by atoms with Crippen molar-refractivity contribution >= 4 is 40.1 Å². The lowest BCUT2D eigenvalue weighted by molar-refractivity contribution is 0.0400. The summed E-state index contributed by atoms with van der Waals surface area (Å²) in [5, 5.41) is 14.1. The molecule has 1 aliphatic heterocycles. The van der Waals surface area contributed by atoms with Crippen molar-refractivity contribution < 1.29 is 4.79 Å². The van der Waals surface area contributed by atoms with Gasteiger partial charge in [0, 0.05) is 30.1 Å². The molecule has 0 unspecified atom stereocenters. The van der Waals surface area contributed by atoms with E-state index in [0.29, 0.717) is 35.3 Å². The molecule has 166 valence electrons. The van der Waals surface area contributed by atoms with Crippen LogP contribution in [0.2, 0.25) is 0 Å². The first-order chi connectivity index (χ1) is 15.4. The molecule has 0 saturated heterocycles. The molecule has 0 radical (unpaired) electrons. The number of hydrogen-bond donors (Lipinski definition) is 2. The van der Waals surface area contributed by atoms with Crippen LogP contribution < -0.4 is 11.1 Å². The molecular weight excluding hydrogens is 440 g/mol. The Morgan fingerprint density at radius 2 is 2.03 bits per heavy atom. The Balaban J connectivity index is 1.65. The first kappa shape index (κ1) is 22.3. The lowest BCUT2D eigenvalue weighted by Crippen LogP contribution is -2.57. The fourth-order valence-electron chi connectivity index (χ4n) is 4.03. The molecule has 1 aromatic carbocycles. The van der Waals surface area contributed by atoms with Crippen molar-refractivity contribution in [2.24, 2.45) is 5.73 Å². The number of nitrogens with one attached hydrogen (secondary N) is 1. The molecule has 2 aromatic heterocycles. The normalized spacial score (nSPS) is 18.4. The highest BCUT2D eigenvalue weighted by molar-refractivity contribution is 7.80. The smallest absolute Gasteiger partial charge is 0.254 e. The molecule has 1 aliphatic rings. The number of carbonyl (C=O) groups is 1. The third-order valence-corrected chi connectivity index (χ3v) is 6.82. The molecule has 1 amide bonds. The average Bonchev–Trinajstić information content (AvgIpc) is 3.48. The number of thiocarbonyl (C=S) groups is 1. The maximum Gasteiger partial charge on any atom is 0.254 e. The second-order valence-electron chi connectivity index (χ2n) is 7.87. The quantitative estimate of drug-likeness (QED) is 0.558.